The van der Waals surface area contributed by atoms with Gasteiger partial charge in [-0.1, -0.05) is 49.7 Å². The van der Waals surface area contributed by atoms with E-state index >= 15 is 0 Å². The van der Waals surface area contributed by atoms with Crippen molar-refractivity contribution >= 4 is 27.5 Å². The molecule has 0 aliphatic carbocycles. The molecule has 2 aromatic rings. The van der Waals surface area contributed by atoms with Gasteiger partial charge in [-0.05, 0) is 35.2 Å². The summed E-state index contributed by atoms with van der Waals surface area (Å²) in [7, 11) is -0.843. The summed E-state index contributed by atoms with van der Waals surface area (Å²) < 4.78 is 26.1. The van der Waals surface area contributed by atoms with Crippen LogP contribution < -0.4 is 0 Å². The molecular formula is C23H30ClN3O3S. The van der Waals surface area contributed by atoms with Crippen molar-refractivity contribution in [3.05, 3.63) is 64.2 Å². The molecule has 6 nitrogen and oxygen atoms in total. The van der Waals surface area contributed by atoms with E-state index in [0.29, 0.717) is 24.6 Å². The Labute approximate surface area is 190 Å². The van der Waals surface area contributed by atoms with Crippen molar-refractivity contribution in [1.29, 1.82) is 0 Å². The number of halogens is 1. The molecule has 0 bridgehead atoms. The summed E-state index contributed by atoms with van der Waals surface area (Å²) in [6.07, 6.45) is 0. The number of carbonyl (C=O) groups is 1. The van der Waals surface area contributed by atoms with Crippen LogP contribution in [0.1, 0.15) is 41.3 Å². The quantitative estimate of drug-likeness (QED) is 0.655. The van der Waals surface area contributed by atoms with E-state index in [9.17, 15) is 13.2 Å². The zero-order valence-electron chi connectivity index (χ0n) is 18.5. The second kappa shape index (κ2) is 9.69. The molecular weight excluding hydrogens is 434 g/mol. The Morgan fingerprint density at radius 3 is 2.19 bits per heavy atom. The van der Waals surface area contributed by atoms with Gasteiger partial charge >= 0.3 is 0 Å². The molecule has 0 unspecified atom stereocenters. The third-order valence-electron chi connectivity index (χ3n) is 5.65. The van der Waals surface area contributed by atoms with Crippen LogP contribution in [0.3, 0.4) is 0 Å². The second-order valence-electron chi connectivity index (χ2n) is 8.40. The van der Waals surface area contributed by atoms with E-state index in [4.69, 9.17) is 11.6 Å². The highest BCUT2D eigenvalue weighted by molar-refractivity contribution is 7.89. The van der Waals surface area contributed by atoms with Crippen LogP contribution in [0.5, 0.6) is 0 Å². The number of hydrogen-bond acceptors (Lipinski definition) is 4. The van der Waals surface area contributed by atoms with Gasteiger partial charge in [-0.2, -0.15) is 0 Å². The van der Waals surface area contributed by atoms with Crippen LogP contribution in [0.2, 0.25) is 5.02 Å². The first-order chi connectivity index (χ1) is 14.6. The van der Waals surface area contributed by atoms with E-state index in [-0.39, 0.29) is 15.8 Å². The lowest BCUT2D eigenvalue weighted by Gasteiger charge is -2.35. The Morgan fingerprint density at radius 2 is 1.65 bits per heavy atom. The molecule has 0 radical (unpaired) electrons. The van der Waals surface area contributed by atoms with Gasteiger partial charge in [0.05, 0.1) is 5.02 Å². The molecule has 168 valence electrons. The summed E-state index contributed by atoms with van der Waals surface area (Å²) in [5, 5.41) is 0.110. The van der Waals surface area contributed by atoms with E-state index in [1.165, 1.54) is 37.4 Å². The number of rotatable bonds is 6. The van der Waals surface area contributed by atoms with Crippen LogP contribution in [-0.2, 0) is 16.6 Å². The highest BCUT2D eigenvalue weighted by Crippen LogP contribution is 2.25. The lowest BCUT2D eigenvalue weighted by molar-refractivity contribution is 0.0628. The zero-order chi connectivity index (χ0) is 22.8. The molecule has 2 aromatic carbocycles. The topological polar surface area (TPSA) is 60.9 Å². The van der Waals surface area contributed by atoms with Gasteiger partial charge in [-0.3, -0.25) is 9.69 Å². The summed E-state index contributed by atoms with van der Waals surface area (Å²) in [5.74, 6) is 0.345. The summed E-state index contributed by atoms with van der Waals surface area (Å²) in [5.41, 5.74) is 2.93. The predicted octanol–water partition coefficient (Wildman–Crippen LogP) is 3.67. The maximum absolute atomic E-state index is 13.0. The monoisotopic (exact) mass is 463 g/mol. The number of piperazine rings is 1. The van der Waals surface area contributed by atoms with E-state index < -0.39 is 10.0 Å². The molecule has 3 rings (SSSR count). The lowest BCUT2D eigenvalue weighted by atomic mass is 10.0. The molecule has 1 amide bonds. The van der Waals surface area contributed by atoms with Crippen LogP contribution >= 0.6 is 11.6 Å². The van der Waals surface area contributed by atoms with E-state index in [1.54, 1.807) is 11.0 Å². The van der Waals surface area contributed by atoms with Gasteiger partial charge in [0, 0.05) is 52.4 Å². The van der Waals surface area contributed by atoms with Gasteiger partial charge in [0.2, 0.25) is 10.0 Å². The Hall–Kier alpha value is -1.93. The van der Waals surface area contributed by atoms with Gasteiger partial charge in [0.15, 0.2) is 0 Å². The number of benzene rings is 2. The van der Waals surface area contributed by atoms with Crippen molar-refractivity contribution in [3.8, 4) is 0 Å². The average molecular weight is 464 g/mol. The first-order valence-electron chi connectivity index (χ1n) is 10.4. The SMILES string of the molecule is CC(C)c1ccc(CN2CCN(C(=O)c3ccc(Cl)c(S(=O)(=O)N(C)C)c3)CC2)cc1. The fourth-order valence-corrected chi connectivity index (χ4v) is 4.98. The van der Waals surface area contributed by atoms with Crippen molar-refractivity contribution in [2.75, 3.05) is 40.3 Å². The highest BCUT2D eigenvalue weighted by Gasteiger charge is 2.26. The Balaban J connectivity index is 1.64. The van der Waals surface area contributed by atoms with Gasteiger partial charge in [-0.15, -0.1) is 0 Å². The molecule has 1 saturated heterocycles. The summed E-state index contributed by atoms with van der Waals surface area (Å²) >= 11 is 6.10. The second-order valence-corrected chi connectivity index (χ2v) is 10.9. The van der Waals surface area contributed by atoms with Crippen molar-refractivity contribution in [2.24, 2.45) is 0 Å². The van der Waals surface area contributed by atoms with Crippen LogP contribution in [0, 0.1) is 0 Å². The largest absolute Gasteiger partial charge is 0.336 e. The number of carbonyl (C=O) groups excluding carboxylic acids is 1. The number of sulfonamides is 1. The van der Waals surface area contributed by atoms with Crippen LogP contribution in [0.15, 0.2) is 47.4 Å². The first-order valence-corrected chi connectivity index (χ1v) is 12.2. The third-order valence-corrected chi connectivity index (χ3v) is 7.95. The molecule has 0 saturated carbocycles. The summed E-state index contributed by atoms with van der Waals surface area (Å²) in [6, 6.07) is 13.1. The lowest BCUT2D eigenvalue weighted by Crippen LogP contribution is -2.48. The molecule has 0 spiro atoms. The van der Waals surface area contributed by atoms with E-state index in [0.717, 1.165) is 23.9 Å². The maximum Gasteiger partial charge on any atom is 0.253 e. The molecule has 1 aliphatic rings. The number of hydrogen-bond donors (Lipinski definition) is 0. The van der Waals surface area contributed by atoms with E-state index in [2.05, 4.69) is 43.0 Å². The fraction of sp³-hybridized carbons (Fsp3) is 0.435. The molecule has 1 aliphatic heterocycles. The maximum atomic E-state index is 13.0. The molecule has 0 aromatic heterocycles. The summed E-state index contributed by atoms with van der Waals surface area (Å²) in [4.78, 5) is 17.0. The molecule has 1 fully saturated rings. The fourth-order valence-electron chi connectivity index (χ4n) is 3.59. The first kappa shape index (κ1) is 23.7. The Kier molecular flexibility index (Phi) is 7.42. The Bertz CT molecular complexity index is 1030. The van der Waals surface area contributed by atoms with Crippen LogP contribution in [0.4, 0.5) is 0 Å². The minimum Gasteiger partial charge on any atom is -0.336 e. The van der Waals surface area contributed by atoms with Gasteiger partial charge in [-0.25, -0.2) is 12.7 Å². The smallest absolute Gasteiger partial charge is 0.253 e. The summed E-state index contributed by atoms with van der Waals surface area (Å²) in [6.45, 7) is 7.97. The van der Waals surface area contributed by atoms with Gasteiger partial charge in [0.1, 0.15) is 4.90 Å². The molecule has 31 heavy (non-hydrogen) atoms. The minimum absolute atomic E-state index is 0.0477. The van der Waals surface area contributed by atoms with Crippen molar-refractivity contribution in [3.63, 3.8) is 0 Å². The molecule has 0 N–H and O–H groups in total. The zero-order valence-corrected chi connectivity index (χ0v) is 20.1. The van der Waals surface area contributed by atoms with E-state index in [1.807, 2.05) is 0 Å². The normalized spacial score (nSPS) is 15.6. The standard InChI is InChI=1S/C23H30ClN3O3S/c1-17(2)19-7-5-18(6-8-19)16-26-11-13-27(14-12-26)23(28)20-9-10-21(24)22(15-20)31(29,30)25(3)4/h5-10,15,17H,11-14,16H2,1-4H3. The number of nitrogens with zero attached hydrogens (tertiary/aromatic N) is 3. The number of amides is 1. The molecule has 0 atom stereocenters. The van der Waals surface area contributed by atoms with Crippen molar-refractivity contribution in [1.82, 2.24) is 14.1 Å². The van der Waals surface area contributed by atoms with Crippen LogP contribution in [0.25, 0.3) is 0 Å². The minimum atomic E-state index is -3.72. The van der Waals surface area contributed by atoms with Crippen LogP contribution in [-0.4, -0.2) is 68.7 Å². The highest BCUT2D eigenvalue weighted by atomic mass is 35.5. The van der Waals surface area contributed by atoms with Gasteiger partial charge < -0.3 is 4.90 Å². The van der Waals surface area contributed by atoms with Crippen molar-refractivity contribution < 1.29 is 13.2 Å². The Morgan fingerprint density at radius 1 is 1.03 bits per heavy atom. The predicted molar refractivity (Wildman–Crippen MR) is 124 cm³/mol. The average Bonchev–Trinajstić information content (AvgIpc) is 2.74. The third kappa shape index (κ3) is 5.47. The molecule has 1 heterocycles. The van der Waals surface area contributed by atoms with Gasteiger partial charge in [0.25, 0.3) is 5.91 Å². The van der Waals surface area contributed by atoms with Crippen molar-refractivity contribution in [2.45, 2.75) is 31.2 Å². The molecule has 8 heteroatoms.